The highest BCUT2D eigenvalue weighted by Gasteiger charge is 2.16. The highest BCUT2D eigenvalue weighted by atomic mass is 35.5. The summed E-state index contributed by atoms with van der Waals surface area (Å²) >= 11 is 7.33. The normalized spacial score (nSPS) is 10.9. The van der Waals surface area contributed by atoms with Crippen molar-refractivity contribution in [2.45, 2.75) is 19.0 Å². The second kappa shape index (κ2) is 8.96. The number of carbonyl (C=O) groups excluding carboxylic acids is 1. The first-order valence-corrected chi connectivity index (χ1v) is 11.1. The molecule has 0 fully saturated rings. The number of aromatic nitrogens is 2. The average molecular weight is 450 g/mol. The molecule has 0 aliphatic carbocycles. The Hall–Kier alpha value is -3.09. The van der Waals surface area contributed by atoms with Crippen LogP contribution in [0.25, 0.3) is 16.6 Å². The van der Waals surface area contributed by atoms with Crippen LogP contribution in [0.1, 0.15) is 11.1 Å². The zero-order valence-corrected chi connectivity index (χ0v) is 18.6. The van der Waals surface area contributed by atoms with Crippen LogP contribution >= 0.6 is 23.4 Å². The van der Waals surface area contributed by atoms with E-state index in [9.17, 15) is 9.59 Å². The maximum Gasteiger partial charge on any atom is 0.266 e. The Morgan fingerprint density at radius 1 is 1.03 bits per heavy atom. The molecular formula is C24H20ClN3O2S. The van der Waals surface area contributed by atoms with E-state index in [0.29, 0.717) is 21.1 Å². The summed E-state index contributed by atoms with van der Waals surface area (Å²) in [4.78, 5) is 30.6. The minimum absolute atomic E-state index is 0.110. The van der Waals surface area contributed by atoms with Crippen molar-refractivity contribution in [3.05, 3.63) is 93.2 Å². The van der Waals surface area contributed by atoms with Crippen LogP contribution in [0.15, 0.2) is 76.7 Å². The number of hydrogen-bond donors (Lipinski definition) is 1. The maximum atomic E-state index is 13.4. The van der Waals surface area contributed by atoms with Crippen LogP contribution in [0.5, 0.6) is 0 Å². The number of amides is 1. The second-order valence-electron chi connectivity index (χ2n) is 7.13. The molecule has 0 bridgehead atoms. The van der Waals surface area contributed by atoms with Crippen LogP contribution in [-0.2, 0) is 4.79 Å². The second-order valence-corrected chi connectivity index (χ2v) is 8.51. The standard InChI is InChI=1S/C24H20ClN3O2S/c1-15-7-3-5-9-19(15)26-22(29)14-31-24-27-20-13-17(25)11-12-18(20)23(30)28(24)21-10-6-4-8-16(21)2/h3-13H,14H2,1-2H3,(H,26,29). The van der Waals surface area contributed by atoms with Crippen molar-refractivity contribution in [2.75, 3.05) is 11.1 Å². The van der Waals surface area contributed by atoms with Gasteiger partial charge in [-0.2, -0.15) is 0 Å². The van der Waals surface area contributed by atoms with Crippen LogP contribution < -0.4 is 10.9 Å². The first-order chi connectivity index (χ1) is 14.9. The SMILES string of the molecule is Cc1ccccc1NC(=O)CSc1nc2cc(Cl)ccc2c(=O)n1-c1ccccc1C. The topological polar surface area (TPSA) is 64.0 Å². The van der Waals surface area contributed by atoms with Crippen molar-refractivity contribution in [1.29, 1.82) is 0 Å². The number of aryl methyl sites for hydroxylation is 2. The predicted molar refractivity (Wildman–Crippen MR) is 128 cm³/mol. The smallest absolute Gasteiger partial charge is 0.266 e. The average Bonchev–Trinajstić information content (AvgIpc) is 2.74. The van der Waals surface area contributed by atoms with E-state index >= 15 is 0 Å². The van der Waals surface area contributed by atoms with E-state index < -0.39 is 0 Å². The summed E-state index contributed by atoms with van der Waals surface area (Å²) in [6, 6.07) is 20.2. The molecule has 1 heterocycles. The monoisotopic (exact) mass is 449 g/mol. The third-order valence-corrected chi connectivity index (χ3v) is 6.08. The van der Waals surface area contributed by atoms with Gasteiger partial charge in [-0.1, -0.05) is 59.8 Å². The molecule has 5 nitrogen and oxygen atoms in total. The summed E-state index contributed by atoms with van der Waals surface area (Å²) in [6.07, 6.45) is 0. The van der Waals surface area contributed by atoms with Crippen molar-refractivity contribution in [1.82, 2.24) is 9.55 Å². The molecule has 1 amide bonds. The van der Waals surface area contributed by atoms with Crippen LogP contribution in [0.4, 0.5) is 5.69 Å². The van der Waals surface area contributed by atoms with Gasteiger partial charge >= 0.3 is 0 Å². The van der Waals surface area contributed by atoms with Gasteiger partial charge < -0.3 is 5.32 Å². The molecule has 0 spiro atoms. The van der Waals surface area contributed by atoms with Gasteiger partial charge in [0.2, 0.25) is 5.91 Å². The Labute approximate surface area is 189 Å². The number of hydrogen-bond acceptors (Lipinski definition) is 4. The zero-order valence-electron chi connectivity index (χ0n) is 17.1. The van der Waals surface area contributed by atoms with Gasteiger partial charge in [0, 0.05) is 10.7 Å². The third kappa shape index (κ3) is 4.50. The lowest BCUT2D eigenvalue weighted by molar-refractivity contribution is -0.113. The van der Waals surface area contributed by atoms with Crippen molar-refractivity contribution in [2.24, 2.45) is 0 Å². The molecule has 0 saturated heterocycles. The number of carbonyl (C=O) groups is 1. The molecule has 156 valence electrons. The van der Waals surface area contributed by atoms with Gasteiger partial charge in [0.25, 0.3) is 5.56 Å². The summed E-state index contributed by atoms with van der Waals surface area (Å²) in [5.41, 5.74) is 3.73. The largest absolute Gasteiger partial charge is 0.325 e. The van der Waals surface area contributed by atoms with Crippen LogP contribution in [-0.4, -0.2) is 21.2 Å². The zero-order chi connectivity index (χ0) is 22.0. The fraction of sp³-hybridized carbons (Fsp3) is 0.125. The molecule has 7 heteroatoms. The van der Waals surface area contributed by atoms with Crippen molar-refractivity contribution in [3.63, 3.8) is 0 Å². The molecular weight excluding hydrogens is 430 g/mol. The minimum atomic E-state index is -0.197. The molecule has 0 unspecified atom stereocenters. The number of benzene rings is 3. The lowest BCUT2D eigenvalue weighted by atomic mass is 10.2. The highest BCUT2D eigenvalue weighted by Crippen LogP contribution is 2.25. The van der Waals surface area contributed by atoms with Crippen molar-refractivity contribution < 1.29 is 4.79 Å². The summed E-state index contributed by atoms with van der Waals surface area (Å²) in [5.74, 6) is -0.0605. The lowest BCUT2D eigenvalue weighted by Gasteiger charge is -2.15. The highest BCUT2D eigenvalue weighted by molar-refractivity contribution is 7.99. The van der Waals surface area contributed by atoms with E-state index in [-0.39, 0.29) is 17.2 Å². The van der Waals surface area contributed by atoms with Gasteiger partial charge in [0.05, 0.1) is 22.3 Å². The van der Waals surface area contributed by atoms with Gasteiger partial charge in [0.1, 0.15) is 0 Å². The predicted octanol–water partition coefficient (Wildman–Crippen LogP) is 5.39. The molecule has 1 N–H and O–H groups in total. The fourth-order valence-electron chi connectivity index (χ4n) is 3.29. The van der Waals surface area contributed by atoms with Gasteiger partial charge in [0.15, 0.2) is 5.16 Å². The van der Waals surface area contributed by atoms with Gasteiger partial charge in [-0.3, -0.25) is 14.2 Å². The molecule has 1 aromatic heterocycles. The Balaban J connectivity index is 1.73. The van der Waals surface area contributed by atoms with Gasteiger partial charge in [-0.25, -0.2) is 4.98 Å². The summed E-state index contributed by atoms with van der Waals surface area (Å²) < 4.78 is 1.57. The number of para-hydroxylation sites is 2. The first kappa shape index (κ1) is 21.2. The number of anilines is 1. The van der Waals surface area contributed by atoms with E-state index in [0.717, 1.165) is 22.5 Å². The van der Waals surface area contributed by atoms with Gasteiger partial charge in [-0.15, -0.1) is 0 Å². The number of halogens is 1. The molecule has 3 aromatic carbocycles. The molecule has 0 radical (unpaired) electrons. The summed E-state index contributed by atoms with van der Waals surface area (Å²) in [5, 5.41) is 4.33. The Morgan fingerprint density at radius 2 is 1.74 bits per heavy atom. The summed E-state index contributed by atoms with van der Waals surface area (Å²) in [6.45, 7) is 3.88. The first-order valence-electron chi connectivity index (χ1n) is 9.70. The minimum Gasteiger partial charge on any atom is -0.325 e. The number of fused-ring (bicyclic) bond motifs is 1. The molecule has 0 saturated carbocycles. The molecule has 0 aliphatic heterocycles. The molecule has 0 aliphatic rings. The Kier molecular flexibility index (Phi) is 6.11. The van der Waals surface area contributed by atoms with E-state index in [2.05, 4.69) is 10.3 Å². The van der Waals surface area contributed by atoms with Crippen LogP contribution in [0.3, 0.4) is 0 Å². The van der Waals surface area contributed by atoms with E-state index in [1.165, 1.54) is 11.8 Å². The fourth-order valence-corrected chi connectivity index (χ4v) is 4.26. The van der Waals surface area contributed by atoms with Crippen LogP contribution in [0.2, 0.25) is 5.02 Å². The van der Waals surface area contributed by atoms with E-state index in [1.54, 1.807) is 22.8 Å². The lowest BCUT2D eigenvalue weighted by Crippen LogP contribution is -2.23. The number of nitrogens with one attached hydrogen (secondary N) is 1. The quantitative estimate of drug-likeness (QED) is 0.328. The van der Waals surface area contributed by atoms with Crippen LogP contribution in [0, 0.1) is 13.8 Å². The Morgan fingerprint density at radius 3 is 2.48 bits per heavy atom. The van der Waals surface area contributed by atoms with E-state index in [4.69, 9.17) is 11.6 Å². The molecule has 4 aromatic rings. The summed E-state index contributed by atoms with van der Waals surface area (Å²) in [7, 11) is 0. The molecule has 4 rings (SSSR count). The van der Waals surface area contributed by atoms with Crippen molar-refractivity contribution in [3.8, 4) is 5.69 Å². The maximum absolute atomic E-state index is 13.4. The number of nitrogens with zero attached hydrogens (tertiary/aromatic N) is 2. The molecule has 0 atom stereocenters. The van der Waals surface area contributed by atoms with E-state index in [1.807, 2.05) is 62.4 Å². The number of thioether (sulfide) groups is 1. The molecule has 31 heavy (non-hydrogen) atoms. The van der Waals surface area contributed by atoms with Gasteiger partial charge in [-0.05, 0) is 55.3 Å². The third-order valence-electron chi connectivity index (χ3n) is 4.91. The number of rotatable bonds is 5. The van der Waals surface area contributed by atoms with Crippen molar-refractivity contribution >= 4 is 45.9 Å². The Bertz CT molecular complexity index is 1350.